The molecule has 0 fully saturated rings. The number of ether oxygens (including phenoxy) is 1. The van der Waals surface area contributed by atoms with Crippen molar-refractivity contribution < 1.29 is 9.53 Å². The van der Waals surface area contributed by atoms with Crippen molar-refractivity contribution in [2.75, 3.05) is 19.7 Å². The maximum Gasteiger partial charge on any atom is 0.246 e. The number of hydrogen-bond acceptors (Lipinski definition) is 3. The molecule has 0 saturated heterocycles. The Hall–Kier alpha value is -0.610. The standard InChI is InChI=1S/C9H20N2O2/c1-7(2)13-6-9(12)11-5-8(3)4-10/h7-8H,4-6,10H2,1-3H3,(H,11,12). The molecule has 1 amide bonds. The van der Waals surface area contributed by atoms with Crippen molar-refractivity contribution in [3.63, 3.8) is 0 Å². The van der Waals surface area contributed by atoms with Gasteiger partial charge in [-0.15, -0.1) is 0 Å². The molecule has 1 unspecified atom stereocenters. The molecule has 0 aliphatic carbocycles. The van der Waals surface area contributed by atoms with Crippen LogP contribution >= 0.6 is 0 Å². The Bertz CT molecular complexity index is 149. The lowest BCUT2D eigenvalue weighted by molar-refractivity contribution is -0.127. The van der Waals surface area contributed by atoms with Gasteiger partial charge in [0.15, 0.2) is 0 Å². The predicted octanol–water partition coefficient (Wildman–Crippen LogP) is 0.122. The summed E-state index contributed by atoms with van der Waals surface area (Å²) < 4.78 is 5.13. The Balaban J connectivity index is 3.40. The fraction of sp³-hybridized carbons (Fsp3) is 0.889. The first-order valence-corrected chi connectivity index (χ1v) is 4.64. The first-order chi connectivity index (χ1) is 6.06. The van der Waals surface area contributed by atoms with Crippen molar-refractivity contribution in [1.29, 1.82) is 0 Å². The first-order valence-electron chi connectivity index (χ1n) is 4.64. The van der Waals surface area contributed by atoms with E-state index in [1.54, 1.807) is 0 Å². The molecule has 0 aromatic rings. The summed E-state index contributed by atoms with van der Waals surface area (Å²) in [6.07, 6.45) is 0.0951. The Morgan fingerprint density at radius 1 is 1.46 bits per heavy atom. The molecule has 4 heteroatoms. The molecule has 13 heavy (non-hydrogen) atoms. The molecule has 0 bridgehead atoms. The Kier molecular flexibility index (Phi) is 6.54. The molecule has 0 aromatic carbocycles. The van der Waals surface area contributed by atoms with Gasteiger partial charge >= 0.3 is 0 Å². The van der Waals surface area contributed by atoms with E-state index in [-0.39, 0.29) is 18.6 Å². The van der Waals surface area contributed by atoms with Crippen LogP contribution in [0, 0.1) is 5.92 Å². The highest BCUT2D eigenvalue weighted by Crippen LogP contribution is 1.89. The van der Waals surface area contributed by atoms with Gasteiger partial charge in [0.25, 0.3) is 0 Å². The highest BCUT2D eigenvalue weighted by molar-refractivity contribution is 5.77. The molecule has 0 aliphatic rings. The van der Waals surface area contributed by atoms with E-state index in [9.17, 15) is 4.79 Å². The van der Waals surface area contributed by atoms with E-state index < -0.39 is 0 Å². The van der Waals surface area contributed by atoms with Gasteiger partial charge in [-0.3, -0.25) is 4.79 Å². The van der Waals surface area contributed by atoms with Crippen LogP contribution in [-0.4, -0.2) is 31.7 Å². The maximum atomic E-state index is 11.1. The zero-order valence-electron chi connectivity index (χ0n) is 8.67. The highest BCUT2D eigenvalue weighted by atomic mass is 16.5. The number of hydrogen-bond donors (Lipinski definition) is 2. The average Bonchev–Trinajstić information content (AvgIpc) is 2.10. The molecule has 1 atom stereocenters. The lowest BCUT2D eigenvalue weighted by atomic mass is 10.2. The Morgan fingerprint density at radius 2 is 2.08 bits per heavy atom. The monoisotopic (exact) mass is 188 g/mol. The molecule has 0 heterocycles. The number of nitrogens with two attached hydrogens (primary N) is 1. The summed E-state index contributed by atoms with van der Waals surface area (Å²) >= 11 is 0. The van der Waals surface area contributed by atoms with Crippen LogP contribution in [0.25, 0.3) is 0 Å². The fourth-order valence-electron chi connectivity index (χ4n) is 0.665. The van der Waals surface area contributed by atoms with Crippen LogP contribution in [0.5, 0.6) is 0 Å². The van der Waals surface area contributed by atoms with Gasteiger partial charge in [0, 0.05) is 6.54 Å². The number of carbonyl (C=O) groups is 1. The van der Waals surface area contributed by atoms with Crippen LogP contribution in [0.4, 0.5) is 0 Å². The van der Waals surface area contributed by atoms with Gasteiger partial charge in [0.1, 0.15) is 6.61 Å². The van der Waals surface area contributed by atoms with Crippen LogP contribution in [0.15, 0.2) is 0 Å². The third-order valence-electron chi connectivity index (χ3n) is 1.60. The van der Waals surface area contributed by atoms with Crippen molar-refractivity contribution in [2.45, 2.75) is 26.9 Å². The quantitative estimate of drug-likeness (QED) is 0.622. The van der Waals surface area contributed by atoms with E-state index in [0.717, 1.165) is 0 Å². The molecule has 4 nitrogen and oxygen atoms in total. The second kappa shape index (κ2) is 6.86. The normalized spacial score (nSPS) is 13.0. The fourth-order valence-corrected chi connectivity index (χ4v) is 0.665. The molecule has 78 valence electrons. The summed E-state index contributed by atoms with van der Waals surface area (Å²) in [6, 6.07) is 0. The predicted molar refractivity (Wildman–Crippen MR) is 52.3 cm³/mol. The zero-order valence-corrected chi connectivity index (χ0v) is 8.67. The molecule has 0 spiro atoms. The van der Waals surface area contributed by atoms with Gasteiger partial charge in [-0.2, -0.15) is 0 Å². The van der Waals surface area contributed by atoms with Crippen molar-refractivity contribution in [1.82, 2.24) is 5.32 Å². The van der Waals surface area contributed by atoms with Crippen molar-refractivity contribution in [3.05, 3.63) is 0 Å². The van der Waals surface area contributed by atoms with E-state index in [2.05, 4.69) is 5.32 Å². The topological polar surface area (TPSA) is 64.3 Å². The lowest BCUT2D eigenvalue weighted by Crippen LogP contribution is -2.34. The number of amides is 1. The number of nitrogens with one attached hydrogen (secondary N) is 1. The number of rotatable bonds is 6. The minimum atomic E-state index is -0.0750. The van der Waals surface area contributed by atoms with E-state index in [0.29, 0.717) is 19.0 Å². The minimum Gasteiger partial charge on any atom is -0.369 e. The summed E-state index contributed by atoms with van der Waals surface area (Å²) in [7, 11) is 0. The van der Waals surface area contributed by atoms with Crippen LogP contribution in [-0.2, 0) is 9.53 Å². The van der Waals surface area contributed by atoms with E-state index in [1.807, 2.05) is 20.8 Å². The summed E-state index contributed by atoms with van der Waals surface area (Å²) in [5, 5.41) is 2.74. The van der Waals surface area contributed by atoms with E-state index in [1.165, 1.54) is 0 Å². The summed E-state index contributed by atoms with van der Waals surface area (Å²) in [5.41, 5.74) is 5.40. The molecule has 0 radical (unpaired) electrons. The van der Waals surface area contributed by atoms with Gasteiger partial charge in [-0.1, -0.05) is 6.92 Å². The largest absolute Gasteiger partial charge is 0.369 e. The van der Waals surface area contributed by atoms with Gasteiger partial charge in [-0.25, -0.2) is 0 Å². The Morgan fingerprint density at radius 3 is 2.54 bits per heavy atom. The zero-order chi connectivity index (χ0) is 10.3. The number of carbonyl (C=O) groups excluding carboxylic acids is 1. The van der Waals surface area contributed by atoms with Crippen molar-refractivity contribution in [3.8, 4) is 0 Å². The van der Waals surface area contributed by atoms with Crippen LogP contribution in [0.3, 0.4) is 0 Å². The van der Waals surface area contributed by atoms with Crippen LogP contribution in [0.1, 0.15) is 20.8 Å². The Labute approximate surface area is 79.8 Å². The van der Waals surface area contributed by atoms with Crippen LogP contribution in [0.2, 0.25) is 0 Å². The second-order valence-corrected chi connectivity index (χ2v) is 3.50. The third-order valence-corrected chi connectivity index (χ3v) is 1.60. The van der Waals surface area contributed by atoms with Crippen molar-refractivity contribution >= 4 is 5.91 Å². The average molecular weight is 188 g/mol. The van der Waals surface area contributed by atoms with Gasteiger partial charge in [0.05, 0.1) is 6.10 Å². The molecule has 3 N–H and O–H groups in total. The molecule has 0 aromatic heterocycles. The minimum absolute atomic E-state index is 0.0750. The lowest BCUT2D eigenvalue weighted by Gasteiger charge is -2.11. The molecular weight excluding hydrogens is 168 g/mol. The van der Waals surface area contributed by atoms with E-state index in [4.69, 9.17) is 10.5 Å². The summed E-state index contributed by atoms with van der Waals surface area (Å²) in [4.78, 5) is 11.1. The first kappa shape index (κ1) is 12.4. The summed E-state index contributed by atoms with van der Waals surface area (Å²) in [5.74, 6) is 0.247. The van der Waals surface area contributed by atoms with Crippen molar-refractivity contribution in [2.24, 2.45) is 11.7 Å². The second-order valence-electron chi connectivity index (χ2n) is 3.50. The van der Waals surface area contributed by atoms with E-state index >= 15 is 0 Å². The van der Waals surface area contributed by atoms with Crippen LogP contribution < -0.4 is 11.1 Å². The molecule has 0 aliphatic heterocycles. The molecular formula is C9H20N2O2. The maximum absolute atomic E-state index is 11.1. The van der Waals surface area contributed by atoms with Gasteiger partial charge in [-0.05, 0) is 26.3 Å². The SMILES string of the molecule is CC(CN)CNC(=O)COC(C)C. The highest BCUT2D eigenvalue weighted by Gasteiger charge is 2.04. The molecule has 0 saturated carbocycles. The van der Waals surface area contributed by atoms with Gasteiger partial charge < -0.3 is 15.8 Å². The molecule has 0 rings (SSSR count). The smallest absolute Gasteiger partial charge is 0.246 e. The summed E-state index contributed by atoms with van der Waals surface area (Å²) in [6.45, 7) is 7.13. The third kappa shape index (κ3) is 7.74. The van der Waals surface area contributed by atoms with Gasteiger partial charge in [0.2, 0.25) is 5.91 Å².